The van der Waals surface area contributed by atoms with E-state index in [1.165, 1.54) is 34.9 Å². The Labute approximate surface area is 184 Å². The molecule has 1 aromatic carbocycles. The molecule has 0 amide bonds. The number of H-pyrrole nitrogens is 1. The van der Waals surface area contributed by atoms with Crippen molar-refractivity contribution in [3.05, 3.63) is 75.7 Å². The molecule has 8 heteroatoms. The van der Waals surface area contributed by atoms with E-state index in [0.717, 1.165) is 42.6 Å². The summed E-state index contributed by atoms with van der Waals surface area (Å²) in [5.41, 5.74) is 3.48. The molecule has 0 atom stereocenters. The number of halogens is 2. The van der Waals surface area contributed by atoms with Crippen LogP contribution in [0.2, 0.25) is 0 Å². The van der Waals surface area contributed by atoms with Gasteiger partial charge in [-0.15, -0.1) is 0 Å². The van der Waals surface area contributed by atoms with Gasteiger partial charge in [0.15, 0.2) is 5.82 Å². The molecule has 162 valence electrons. The van der Waals surface area contributed by atoms with Crippen molar-refractivity contribution >= 4 is 29.5 Å². The Morgan fingerprint density at radius 3 is 2.90 bits per heavy atom. The first-order valence-corrected chi connectivity index (χ1v) is 11.4. The molecule has 3 aromatic rings. The topological polar surface area (TPSA) is 65.1 Å². The number of fused-ring (bicyclic) bond motifs is 1. The highest BCUT2D eigenvalue weighted by atomic mass is 32.2. The maximum atomic E-state index is 14.7. The van der Waals surface area contributed by atoms with Gasteiger partial charge in [0.05, 0.1) is 5.69 Å². The number of hydrogen-bond donors (Lipinski definition) is 3. The molecule has 3 heterocycles. The minimum absolute atomic E-state index is 0.00814. The monoisotopic (exact) mass is 441 g/mol. The number of aromatic amines is 1. The zero-order chi connectivity index (χ0) is 21.6. The number of nitrogens with zero attached hydrogens (tertiary/aromatic N) is 2. The molecule has 0 aliphatic carbocycles. The summed E-state index contributed by atoms with van der Waals surface area (Å²) >= 11 is 1.41. The quantitative estimate of drug-likeness (QED) is 0.345. The smallest absolute Gasteiger partial charge is 0.155 e. The van der Waals surface area contributed by atoms with Crippen LogP contribution in [0, 0.1) is 11.6 Å². The third kappa shape index (κ3) is 5.07. The number of anilines is 2. The summed E-state index contributed by atoms with van der Waals surface area (Å²) in [5, 5.41) is 4.19. The molecule has 1 aliphatic rings. The summed E-state index contributed by atoms with van der Waals surface area (Å²) in [6.07, 6.45) is 8.67. The second-order valence-electron chi connectivity index (χ2n) is 7.37. The van der Waals surface area contributed by atoms with E-state index in [-0.39, 0.29) is 12.1 Å². The van der Waals surface area contributed by atoms with Crippen LogP contribution in [-0.4, -0.2) is 22.3 Å². The van der Waals surface area contributed by atoms with Crippen molar-refractivity contribution < 1.29 is 8.78 Å². The molecule has 0 unspecified atom stereocenters. The Morgan fingerprint density at radius 1 is 1.19 bits per heavy atom. The van der Waals surface area contributed by atoms with Crippen LogP contribution < -0.4 is 20.7 Å². The fraction of sp³-hybridized carbons (Fsp3) is 0.304. The molecule has 0 saturated carbocycles. The number of rotatable bonds is 9. The Bertz CT molecular complexity index is 1160. The molecule has 0 radical (unpaired) electrons. The largest absolute Gasteiger partial charge is 0.366 e. The molecule has 5 nitrogen and oxygen atoms in total. The molecule has 0 saturated heterocycles. The van der Waals surface area contributed by atoms with Gasteiger partial charge in [-0.25, -0.2) is 13.8 Å². The van der Waals surface area contributed by atoms with Crippen LogP contribution in [0.1, 0.15) is 36.5 Å². The lowest BCUT2D eigenvalue weighted by atomic mass is 10.1. The van der Waals surface area contributed by atoms with Crippen molar-refractivity contribution in [2.24, 2.45) is 4.99 Å². The average molecular weight is 442 g/mol. The van der Waals surface area contributed by atoms with E-state index in [2.05, 4.69) is 31.1 Å². The van der Waals surface area contributed by atoms with Crippen molar-refractivity contribution in [3.63, 3.8) is 0 Å². The van der Waals surface area contributed by atoms with Gasteiger partial charge in [0, 0.05) is 48.4 Å². The maximum absolute atomic E-state index is 14.7. The van der Waals surface area contributed by atoms with Crippen molar-refractivity contribution in [1.29, 1.82) is 0 Å². The van der Waals surface area contributed by atoms with Gasteiger partial charge in [0.1, 0.15) is 17.1 Å². The molecule has 1 aliphatic heterocycles. The van der Waals surface area contributed by atoms with Gasteiger partial charge >= 0.3 is 0 Å². The van der Waals surface area contributed by atoms with Crippen LogP contribution in [-0.2, 0) is 13.0 Å². The van der Waals surface area contributed by atoms with Crippen molar-refractivity contribution in [2.75, 3.05) is 22.3 Å². The highest BCUT2D eigenvalue weighted by molar-refractivity contribution is 8.00. The number of nitrogens with one attached hydrogen (secondary N) is 3. The lowest BCUT2D eigenvalue weighted by molar-refractivity contribution is 0.563. The fourth-order valence-corrected chi connectivity index (χ4v) is 4.07. The van der Waals surface area contributed by atoms with Crippen LogP contribution in [0.25, 0.3) is 6.08 Å². The summed E-state index contributed by atoms with van der Waals surface area (Å²) in [7, 11) is 0. The van der Waals surface area contributed by atoms with Crippen LogP contribution in [0.3, 0.4) is 0 Å². The Hall–Kier alpha value is -2.87. The zero-order valence-corrected chi connectivity index (χ0v) is 18.2. The second kappa shape index (κ2) is 9.96. The molecule has 3 N–H and O–H groups in total. The van der Waals surface area contributed by atoms with Gasteiger partial charge in [0.25, 0.3) is 0 Å². The fourth-order valence-electron chi connectivity index (χ4n) is 3.45. The Morgan fingerprint density at radius 2 is 2.10 bits per heavy atom. The first kappa shape index (κ1) is 21.4. The predicted molar refractivity (Wildman–Crippen MR) is 123 cm³/mol. The minimum atomic E-state index is -0.577. The SMILES string of the molecule is CCCSNc1ccc(F)c(CNc2ccc(Cc3c[nH]c4c3=CCCN=4)cn2)c1F. The highest BCUT2D eigenvalue weighted by Gasteiger charge is 2.14. The average Bonchev–Trinajstić information content (AvgIpc) is 3.19. The van der Waals surface area contributed by atoms with Crippen molar-refractivity contribution in [2.45, 2.75) is 32.7 Å². The van der Waals surface area contributed by atoms with Crippen LogP contribution >= 0.6 is 11.9 Å². The lowest BCUT2D eigenvalue weighted by Gasteiger charge is -2.12. The van der Waals surface area contributed by atoms with E-state index in [4.69, 9.17) is 0 Å². The maximum Gasteiger partial charge on any atom is 0.155 e. The van der Waals surface area contributed by atoms with E-state index in [0.29, 0.717) is 11.5 Å². The zero-order valence-electron chi connectivity index (χ0n) is 17.3. The van der Waals surface area contributed by atoms with E-state index in [1.54, 1.807) is 6.20 Å². The van der Waals surface area contributed by atoms with Gasteiger partial charge in [0.2, 0.25) is 0 Å². The van der Waals surface area contributed by atoms with Gasteiger partial charge in [-0.05, 0) is 42.2 Å². The number of benzene rings is 1. The minimum Gasteiger partial charge on any atom is -0.366 e. The van der Waals surface area contributed by atoms with Gasteiger partial charge in [-0.2, -0.15) is 0 Å². The molecular formula is C23H25F2N5S. The first-order valence-electron chi connectivity index (χ1n) is 10.4. The number of aromatic nitrogens is 2. The molecular weight excluding hydrogens is 416 g/mol. The van der Waals surface area contributed by atoms with E-state index < -0.39 is 11.6 Å². The standard InChI is InChI=1S/C23H25F2N5S/c1-2-10-31-30-20-7-6-19(24)18(22(20)25)14-28-21-8-5-15(12-27-21)11-16-13-29-23-17(16)4-3-9-26-23/h4-8,12-13,30H,2-3,9-11,14H2,1H3,(H,26,29)(H,27,28). The molecule has 4 rings (SSSR count). The van der Waals surface area contributed by atoms with Gasteiger partial charge in [-0.1, -0.05) is 31.0 Å². The van der Waals surface area contributed by atoms with E-state index in [1.807, 2.05) is 25.3 Å². The Balaban J connectivity index is 1.41. The molecule has 0 bridgehead atoms. The van der Waals surface area contributed by atoms with Crippen LogP contribution in [0.4, 0.5) is 20.3 Å². The van der Waals surface area contributed by atoms with E-state index >= 15 is 0 Å². The van der Waals surface area contributed by atoms with Crippen LogP contribution in [0.5, 0.6) is 0 Å². The normalized spacial score (nSPS) is 12.6. The second-order valence-corrected chi connectivity index (χ2v) is 8.27. The summed E-state index contributed by atoms with van der Waals surface area (Å²) < 4.78 is 31.8. The molecule has 0 spiro atoms. The van der Waals surface area contributed by atoms with Crippen molar-refractivity contribution in [3.8, 4) is 0 Å². The number of hydrogen-bond acceptors (Lipinski definition) is 5. The van der Waals surface area contributed by atoms with Crippen molar-refractivity contribution in [1.82, 2.24) is 9.97 Å². The molecule has 31 heavy (non-hydrogen) atoms. The number of pyridine rings is 1. The lowest BCUT2D eigenvalue weighted by Crippen LogP contribution is -2.28. The highest BCUT2D eigenvalue weighted by Crippen LogP contribution is 2.24. The molecule has 2 aromatic heterocycles. The summed E-state index contributed by atoms with van der Waals surface area (Å²) in [6, 6.07) is 6.51. The summed E-state index contributed by atoms with van der Waals surface area (Å²) in [5.74, 6) is 0.260. The first-order chi connectivity index (χ1) is 15.2. The van der Waals surface area contributed by atoms with E-state index in [9.17, 15) is 8.78 Å². The van der Waals surface area contributed by atoms with Gasteiger partial charge in [-0.3, -0.25) is 4.99 Å². The van der Waals surface area contributed by atoms with Gasteiger partial charge < -0.3 is 15.0 Å². The summed E-state index contributed by atoms with van der Waals surface area (Å²) in [6.45, 7) is 2.88. The Kier molecular flexibility index (Phi) is 6.86. The summed E-state index contributed by atoms with van der Waals surface area (Å²) in [4.78, 5) is 12.1. The predicted octanol–water partition coefficient (Wildman–Crippen LogP) is 4.16. The van der Waals surface area contributed by atoms with Crippen LogP contribution in [0.15, 0.2) is 41.7 Å². The third-order valence-corrected chi connectivity index (χ3v) is 6.05. The third-order valence-electron chi connectivity index (χ3n) is 5.07. The molecule has 0 fully saturated rings.